The highest BCUT2D eigenvalue weighted by atomic mass is 19.4. The van der Waals surface area contributed by atoms with E-state index in [9.17, 15) is 22.8 Å². The molecule has 6 nitrogen and oxygen atoms in total. The second kappa shape index (κ2) is 9.82. The minimum absolute atomic E-state index is 0.117. The molecule has 1 atom stereocenters. The smallest absolute Gasteiger partial charge is 0.406 e. The number of hydrogen-bond acceptors (Lipinski definition) is 4. The molecule has 1 N–H and O–H groups in total. The van der Waals surface area contributed by atoms with Crippen molar-refractivity contribution in [2.24, 2.45) is 5.92 Å². The summed E-state index contributed by atoms with van der Waals surface area (Å²) in [6, 6.07) is 11.7. The lowest BCUT2D eigenvalue weighted by Crippen LogP contribution is -2.40. The van der Waals surface area contributed by atoms with Crippen LogP contribution in [0.2, 0.25) is 0 Å². The van der Waals surface area contributed by atoms with Gasteiger partial charge < -0.3 is 19.7 Å². The van der Waals surface area contributed by atoms with Crippen LogP contribution in [0.1, 0.15) is 46.8 Å². The van der Waals surface area contributed by atoms with E-state index >= 15 is 0 Å². The summed E-state index contributed by atoms with van der Waals surface area (Å²) in [4.78, 5) is 27.8. The van der Waals surface area contributed by atoms with E-state index in [4.69, 9.17) is 4.74 Å². The fraction of sp³-hybridized carbons (Fsp3) is 0.417. The maximum absolute atomic E-state index is 13.1. The molecule has 33 heavy (non-hydrogen) atoms. The number of nitrogens with zero attached hydrogens (tertiary/aromatic N) is 1. The van der Waals surface area contributed by atoms with E-state index in [-0.39, 0.29) is 24.1 Å². The summed E-state index contributed by atoms with van der Waals surface area (Å²) in [7, 11) is 0. The summed E-state index contributed by atoms with van der Waals surface area (Å²) in [5, 5.41) is 2.82. The Morgan fingerprint density at radius 3 is 2.48 bits per heavy atom. The Hall–Kier alpha value is -3.07. The first kappa shape index (κ1) is 23.1. The Morgan fingerprint density at radius 2 is 1.79 bits per heavy atom. The van der Waals surface area contributed by atoms with Crippen molar-refractivity contribution in [1.29, 1.82) is 0 Å². The monoisotopic (exact) mass is 462 g/mol. The van der Waals surface area contributed by atoms with Gasteiger partial charge in [-0.1, -0.05) is 30.3 Å². The number of rotatable bonds is 7. The molecule has 1 fully saturated rings. The molecule has 9 heteroatoms. The number of fused-ring (bicyclic) bond motifs is 1. The van der Waals surface area contributed by atoms with Crippen molar-refractivity contribution in [3.8, 4) is 5.75 Å². The minimum atomic E-state index is -4.76. The van der Waals surface area contributed by atoms with Crippen molar-refractivity contribution in [2.45, 2.75) is 38.2 Å². The van der Waals surface area contributed by atoms with E-state index in [0.29, 0.717) is 29.2 Å². The highest BCUT2D eigenvalue weighted by molar-refractivity contribution is 6.04. The zero-order chi connectivity index (χ0) is 23.4. The van der Waals surface area contributed by atoms with E-state index in [0.717, 1.165) is 32.5 Å². The molecule has 1 saturated heterocycles. The molecule has 2 aromatic carbocycles. The molecule has 2 aliphatic rings. The van der Waals surface area contributed by atoms with Crippen LogP contribution in [0.25, 0.3) is 0 Å². The maximum Gasteiger partial charge on any atom is 0.573 e. The van der Waals surface area contributed by atoms with Crippen LogP contribution in [0, 0.1) is 5.92 Å². The first-order valence-corrected chi connectivity index (χ1v) is 10.9. The molecule has 2 aromatic rings. The molecule has 4 rings (SSSR count). The molecule has 1 unspecified atom stereocenters. The summed E-state index contributed by atoms with van der Waals surface area (Å²) in [6.45, 7) is 2.02. The number of alkyl halides is 3. The van der Waals surface area contributed by atoms with E-state index in [1.807, 2.05) is 0 Å². The van der Waals surface area contributed by atoms with Crippen molar-refractivity contribution in [2.75, 3.05) is 19.8 Å². The number of amides is 2. The van der Waals surface area contributed by atoms with Crippen molar-refractivity contribution >= 4 is 11.8 Å². The predicted octanol–water partition coefficient (Wildman–Crippen LogP) is 4.22. The van der Waals surface area contributed by atoms with Crippen LogP contribution in [0.4, 0.5) is 13.2 Å². The van der Waals surface area contributed by atoms with Crippen molar-refractivity contribution in [1.82, 2.24) is 10.2 Å². The molecule has 0 spiro atoms. The van der Waals surface area contributed by atoms with E-state index < -0.39 is 12.4 Å². The molecule has 2 heterocycles. The van der Waals surface area contributed by atoms with Gasteiger partial charge >= 0.3 is 6.36 Å². The van der Waals surface area contributed by atoms with Crippen molar-refractivity contribution in [3.63, 3.8) is 0 Å². The van der Waals surface area contributed by atoms with Gasteiger partial charge in [0, 0.05) is 31.9 Å². The summed E-state index contributed by atoms with van der Waals surface area (Å²) < 4.78 is 46.2. The van der Waals surface area contributed by atoms with E-state index in [1.54, 1.807) is 29.2 Å². The van der Waals surface area contributed by atoms with Crippen LogP contribution >= 0.6 is 0 Å². The van der Waals surface area contributed by atoms with Gasteiger partial charge in [-0.3, -0.25) is 9.59 Å². The fourth-order valence-electron chi connectivity index (χ4n) is 4.34. The molecule has 0 radical (unpaired) electrons. The average Bonchev–Trinajstić information content (AvgIpc) is 3.08. The standard InChI is InChI=1S/C24H25F3N2O4/c25-24(26,27)33-18-7-5-17(6-8-18)15-28-22(30)21-19-3-1-2-4-20(19)23(31)29(21)12-9-16-10-13-32-14-11-16/h1-8,16,21H,9-15H2,(H,28,30). The highest BCUT2D eigenvalue weighted by Crippen LogP contribution is 2.35. The lowest BCUT2D eigenvalue weighted by Gasteiger charge is -2.28. The minimum Gasteiger partial charge on any atom is -0.406 e. The van der Waals surface area contributed by atoms with Crippen molar-refractivity contribution < 1.29 is 32.2 Å². The Labute approximate surface area is 189 Å². The normalized spacial score (nSPS) is 18.8. The van der Waals surface area contributed by atoms with Crippen molar-refractivity contribution in [3.05, 3.63) is 65.2 Å². The van der Waals surface area contributed by atoms with Gasteiger partial charge in [-0.2, -0.15) is 0 Å². The van der Waals surface area contributed by atoms with Crippen LogP contribution in [0.15, 0.2) is 48.5 Å². The largest absolute Gasteiger partial charge is 0.573 e. The molecule has 0 saturated carbocycles. The number of carbonyl (C=O) groups is 2. The highest BCUT2D eigenvalue weighted by Gasteiger charge is 2.40. The first-order chi connectivity index (χ1) is 15.8. The quantitative estimate of drug-likeness (QED) is 0.669. The summed E-state index contributed by atoms with van der Waals surface area (Å²) in [5.41, 5.74) is 1.81. The van der Waals surface area contributed by atoms with Gasteiger partial charge in [0.2, 0.25) is 5.91 Å². The molecular weight excluding hydrogens is 437 g/mol. The zero-order valence-corrected chi connectivity index (χ0v) is 17.9. The number of hydrogen-bond donors (Lipinski definition) is 1. The molecule has 0 aliphatic carbocycles. The first-order valence-electron chi connectivity index (χ1n) is 10.9. The second-order valence-electron chi connectivity index (χ2n) is 8.24. The van der Waals surface area contributed by atoms with Crippen LogP contribution in [-0.2, 0) is 16.1 Å². The fourth-order valence-corrected chi connectivity index (χ4v) is 4.34. The number of ether oxygens (including phenoxy) is 2. The molecule has 2 aliphatic heterocycles. The molecule has 2 amide bonds. The van der Waals surface area contributed by atoms with Gasteiger partial charge in [0.1, 0.15) is 11.8 Å². The average molecular weight is 462 g/mol. The van der Waals surface area contributed by atoms with Gasteiger partial charge in [0.05, 0.1) is 0 Å². The van der Waals surface area contributed by atoms with Gasteiger partial charge in [-0.25, -0.2) is 0 Å². The Morgan fingerprint density at radius 1 is 1.09 bits per heavy atom. The summed E-state index contributed by atoms with van der Waals surface area (Å²) >= 11 is 0. The third-order valence-corrected chi connectivity index (χ3v) is 6.05. The number of halogens is 3. The number of benzene rings is 2. The third-order valence-electron chi connectivity index (χ3n) is 6.05. The summed E-state index contributed by atoms with van der Waals surface area (Å²) in [5.74, 6) is -0.356. The molecule has 176 valence electrons. The predicted molar refractivity (Wildman–Crippen MR) is 113 cm³/mol. The van der Waals surface area contributed by atoms with Crippen LogP contribution in [0.3, 0.4) is 0 Å². The Kier molecular flexibility index (Phi) is 6.88. The Balaban J connectivity index is 1.42. The molecule has 0 aromatic heterocycles. The second-order valence-corrected chi connectivity index (χ2v) is 8.24. The van der Waals surface area contributed by atoms with E-state index in [2.05, 4.69) is 10.1 Å². The van der Waals surface area contributed by atoms with Gasteiger partial charge in [0.15, 0.2) is 0 Å². The zero-order valence-electron chi connectivity index (χ0n) is 17.9. The summed E-state index contributed by atoms with van der Waals surface area (Å²) in [6.07, 6.45) is -2.07. The topological polar surface area (TPSA) is 67.9 Å². The number of nitrogens with one attached hydrogen (secondary N) is 1. The van der Waals surface area contributed by atoms with Gasteiger partial charge in [-0.15, -0.1) is 13.2 Å². The lowest BCUT2D eigenvalue weighted by atomic mass is 9.96. The SMILES string of the molecule is O=C(NCc1ccc(OC(F)(F)F)cc1)C1c2ccccc2C(=O)N1CCC1CCOCC1. The van der Waals surface area contributed by atoms with Crippen LogP contribution in [-0.4, -0.2) is 42.8 Å². The third kappa shape index (κ3) is 5.65. The molecule has 0 bridgehead atoms. The van der Waals surface area contributed by atoms with Crippen LogP contribution < -0.4 is 10.1 Å². The molecular formula is C24H25F3N2O4. The van der Waals surface area contributed by atoms with E-state index in [1.165, 1.54) is 24.3 Å². The van der Waals surface area contributed by atoms with Gasteiger partial charge in [0.25, 0.3) is 5.91 Å². The number of carbonyl (C=O) groups excluding carboxylic acids is 2. The maximum atomic E-state index is 13.1. The Bertz CT molecular complexity index is 988. The van der Waals surface area contributed by atoms with Crippen LogP contribution in [0.5, 0.6) is 5.75 Å². The lowest BCUT2D eigenvalue weighted by molar-refractivity contribution is -0.274. The van der Waals surface area contributed by atoms with Gasteiger partial charge in [-0.05, 0) is 54.5 Å².